The molecule has 0 radical (unpaired) electrons. The molecule has 7 heteroatoms. The van der Waals surface area contributed by atoms with Gasteiger partial charge in [0.05, 0.1) is 5.56 Å². The summed E-state index contributed by atoms with van der Waals surface area (Å²) in [6.45, 7) is 5.52. The second kappa shape index (κ2) is 10.6. The topological polar surface area (TPSA) is 45.2 Å². The number of rotatable bonds is 7. The minimum atomic E-state index is -4.49. The fraction of sp³-hybridized carbons (Fsp3) is 0.739. The van der Waals surface area contributed by atoms with E-state index < -0.39 is 11.9 Å². The van der Waals surface area contributed by atoms with E-state index in [1.165, 1.54) is 44.6 Å². The molecule has 30 heavy (non-hydrogen) atoms. The van der Waals surface area contributed by atoms with Crippen molar-refractivity contribution in [3.63, 3.8) is 0 Å². The minimum absolute atomic E-state index is 0.0737. The Balaban J connectivity index is 1.57. The molecule has 1 unspecified atom stereocenters. The summed E-state index contributed by atoms with van der Waals surface area (Å²) in [6, 6.07) is 2.16. The third kappa shape index (κ3) is 6.43. The lowest BCUT2D eigenvalue weighted by Crippen LogP contribution is -2.48. The van der Waals surface area contributed by atoms with Gasteiger partial charge in [-0.25, -0.2) is 0 Å². The molecular formula is C23H34F3N3O. The Bertz CT molecular complexity index is 677. The molecule has 4 nitrogen and oxygen atoms in total. The first-order valence-corrected chi connectivity index (χ1v) is 11.4. The van der Waals surface area contributed by atoms with E-state index in [-0.39, 0.29) is 17.5 Å². The molecule has 1 aliphatic carbocycles. The zero-order valence-corrected chi connectivity index (χ0v) is 17.9. The third-order valence-corrected chi connectivity index (χ3v) is 6.60. The van der Waals surface area contributed by atoms with Gasteiger partial charge in [-0.15, -0.1) is 0 Å². The van der Waals surface area contributed by atoms with Gasteiger partial charge < -0.3 is 10.2 Å². The Morgan fingerprint density at radius 3 is 2.70 bits per heavy atom. The predicted octanol–water partition coefficient (Wildman–Crippen LogP) is 5.29. The number of alkyl halides is 3. The largest absolute Gasteiger partial charge is 0.433 e. The lowest BCUT2D eigenvalue weighted by molar-refractivity contribution is -0.141. The molecule has 0 spiro atoms. The number of hydrogen-bond acceptors (Lipinski definition) is 3. The van der Waals surface area contributed by atoms with Crippen molar-refractivity contribution >= 4 is 5.91 Å². The predicted molar refractivity (Wildman–Crippen MR) is 111 cm³/mol. The van der Waals surface area contributed by atoms with Crippen LogP contribution in [0.25, 0.3) is 0 Å². The summed E-state index contributed by atoms with van der Waals surface area (Å²) in [5.74, 6) is 0.858. The van der Waals surface area contributed by atoms with Crippen LogP contribution in [0.1, 0.15) is 80.8 Å². The molecule has 1 amide bonds. The number of nitrogens with zero attached hydrogens (tertiary/aromatic N) is 2. The Kier molecular flexibility index (Phi) is 8.14. The number of piperidine rings is 1. The van der Waals surface area contributed by atoms with E-state index in [0.29, 0.717) is 5.92 Å². The molecule has 2 aliphatic rings. The summed E-state index contributed by atoms with van der Waals surface area (Å²) in [7, 11) is 0. The van der Waals surface area contributed by atoms with Gasteiger partial charge in [-0.3, -0.25) is 9.78 Å². The number of amides is 1. The smallest absolute Gasteiger partial charge is 0.349 e. The number of carbonyl (C=O) groups excluding carboxylic acids is 1. The van der Waals surface area contributed by atoms with Crippen LogP contribution >= 0.6 is 0 Å². The molecule has 2 heterocycles. The second-order valence-corrected chi connectivity index (χ2v) is 8.96. The van der Waals surface area contributed by atoms with Crippen LogP contribution in [0.2, 0.25) is 0 Å². The summed E-state index contributed by atoms with van der Waals surface area (Å²) in [5.41, 5.74) is -0.790. The van der Waals surface area contributed by atoms with Crippen LogP contribution in [0, 0.1) is 11.8 Å². The molecule has 1 N–H and O–H groups in total. The van der Waals surface area contributed by atoms with Gasteiger partial charge in [0.15, 0.2) is 0 Å². The normalized spacial score (nSPS) is 25.8. The molecule has 3 rings (SSSR count). The first-order valence-electron chi connectivity index (χ1n) is 11.4. The molecule has 168 valence electrons. The summed E-state index contributed by atoms with van der Waals surface area (Å²) in [4.78, 5) is 18.6. The lowest BCUT2D eigenvalue weighted by atomic mass is 9.83. The molecule has 1 aliphatic heterocycles. The van der Waals surface area contributed by atoms with Gasteiger partial charge in [0, 0.05) is 25.3 Å². The van der Waals surface area contributed by atoms with E-state index in [0.717, 1.165) is 57.1 Å². The molecule has 1 aromatic rings. The second-order valence-electron chi connectivity index (χ2n) is 8.96. The fourth-order valence-corrected chi connectivity index (χ4v) is 4.94. The van der Waals surface area contributed by atoms with Crippen molar-refractivity contribution in [3.05, 3.63) is 29.6 Å². The van der Waals surface area contributed by atoms with Crippen LogP contribution in [0.5, 0.6) is 0 Å². The summed E-state index contributed by atoms with van der Waals surface area (Å²) in [5, 5.41) is 3.09. The van der Waals surface area contributed by atoms with Crippen LogP contribution in [0.15, 0.2) is 18.3 Å². The van der Waals surface area contributed by atoms with Crippen molar-refractivity contribution < 1.29 is 18.0 Å². The number of nitrogens with one attached hydrogen (secondary N) is 1. The van der Waals surface area contributed by atoms with Crippen LogP contribution in [-0.4, -0.2) is 41.5 Å². The van der Waals surface area contributed by atoms with Gasteiger partial charge in [-0.05, 0) is 62.6 Å². The SMILES string of the molecule is CCCCC1CCCN(C[C@@H]2CCCC[C@H]2NC(=O)c2ccc(C(F)(F)F)nc2)C1. The number of likely N-dealkylation sites (tertiary alicyclic amines) is 1. The maximum Gasteiger partial charge on any atom is 0.433 e. The standard InChI is InChI=1S/C23H34F3N3O/c1-2-3-7-17-8-6-13-29(15-17)16-19-9-4-5-10-20(19)28-22(30)18-11-12-21(27-14-18)23(24,25)26/h11-12,14,17,19-20H,2-10,13,15-16H2,1H3,(H,28,30)/t17?,19-,20+/m0/s1. The number of unbranched alkanes of at least 4 members (excludes halogenated alkanes) is 1. The number of aromatic nitrogens is 1. The lowest BCUT2D eigenvalue weighted by Gasteiger charge is -2.39. The van der Waals surface area contributed by atoms with Gasteiger partial charge in [0.25, 0.3) is 5.91 Å². The quantitative estimate of drug-likeness (QED) is 0.646. The highest BCUT2D eigenvalue weighted by molar-refractivity contribution is 5.94. The maximum atomic E-state index is 12.7. The molecule has 3 atom stereocenters. The highest BCUT2D eigenvalue weighted by Crippen LogP contribution is 2.29. The Morgan fingerprint density at radius 1 is 1.20 bits per heavy atom. The summed E-state index contributed by atoms with van der Waals surface area (Å²) < 4.78 is 38.1. The molecule has 1 saturated carbocycles. The van der Waals surface area contributed by atoms with E-state index in [1.54, 1.807) is 0 Å². The van der Waals surface area contributed by atoms with Gasteiger partial charge in [-0.1, -0.05) is 32.6 Å². The minimum Gasteiger partial charge on any atom is -0.349 e. The van der Waals surface area contributed by atoms with E-state index in [9.17, 15) is 18.0 Å². The zero-order valence-electron chi connectivity index (χ0n) is 17.9. The summed E-state index contributed by atoms with van der Waals surface area (Å²) >= 11 is 0. The van der Waals surface area contributed by atoms with Crippen molar-refractivity contribution in [1.29, 1.82) is 0 Å². The van der Waals surface area contributed by atoms with Crippen LogP contribution in [0.3, 0.4) is 0 Å². The van der Waals surface area contributed by atoms with Crippen molar-refractivity contribution in [3.8, 4) is 0 Å². The van der Waals surface area contributed by atoms with Gasteiger partial charge in [0.1, 0.15) is 5.69 Å². The van der Waals surface area contributed by atoms with E-state index in [2.05, 4.69) is 22.1 Å². The van der Waals surface area contributed by atoms with E-state index in [4.69, 9.17) is 0 Å². The molecule has 1 saturated heterocycles. The molecule has 1 aromatic heterocycles. The highest BCUT2D eigenvalue weighted by Gasteiger charge is 2.33. The maximum absolute atomic E-state index is 12.7. The van der Waals surface area contributed by atoms with Crippen LogP contribution < -0.4 is 5.32 Å². The third-order valence-electron chi connectivity index (χ3n) is 6.60. The van der Waals surface area contributed by atoms with Crippen molar-refractivity contribution in [2.75, 3.05) is 19.6 Å². The molecule has 0 bridgehead atoms. The van der Waals surface area contributed by atoms with Gasteiger partial charge in [0.2, 0.25) is 0 Å². The Labute approximate surface area is 177 Å². The average molecular weight is 426 g/mol. The Morgan fingerprint density at radius 2 is 2.00 bits per heavy atom. The zero-order chi connectivity index (χ0) is 21.6. The summed E-state index contributed by atoms with van der Waals surface area (Å²) in [6.07, 6.45) is 7.21. The molecule has 2 fully saturated rings. The Hall–Kier alpha value is -1.63. The van der Waals surface area contributed by atoms with Crippen molar-refractivity contribution in [1.82, 2.24) is 15.2 Å². The highest BCUT2D eigenvalue weighted by atomic mass is 19.4. The van der Waals surface area contributed by atoms with Crippen molar-refractivity contribution in [2.24, 2.45) is 11.8 Å². The number of hydrogen-bond donors (Lipinski definition) is 1. The average Bonchev–Trinajstić information content (AvgIpc) is 2.73. The number of halogens is 3. The fourth-order valence-electron chi connectivity index (χ4n) is 4.94. The molecular weight excluding hydrogens is 391 g/mol. The monoisotopic (exact) mass is 425 g/mol. The van der Waals surface area contributed by atoms with E-state index in [1.807, 2.05) is 0 Å². The van der Waals surface area contributed by atoms with Crippen LogP contribution in [0.4, 0.5) is 13.2 Å². The first kappa shape index (κ1) is 23.0. The van der Waals surface area contributed by atoms with Crippen molar-refractivity contribution in [2.45, 2.75) is 76.9 Å². The first-order chi connectivity index (χ1) is 14.4. The number of carbonyl (C=O) groups is 1. The van der Waals surface area contributed by atoms with Crippen LogP contribution in [-0.2, 0) is 6.18 Å². The number of pyridine rings is 1. The van der Waals surface area contributed by atoms with Gasteiger partial charge >= 0.3 is 6.18 Å². The van der Waals surface area contributed by atoms with Gasteiger partial charge in [-0.2, -0.15) is 13.2 Å². The molecule has 0 aromatic carbocycles. The van der Waals surface area contributed by atoms with E-state index >= 15 is 0 Å².